The van der Waals surface area contributed by atoms with Gasteiger partial charge in [0.1, 0.15) is 23.4 Å². The number of amides is 2. The molecule has 1 N–H and O–H groups in total. The van der Waals surface area contributed by atoms with Gasteiger partial charge in [0, 0.05) is 30.0 Å². The minimum atomic E-state index is -0.588. The van der Waals surface area contributed by atoms with Crippen LogP contribution in [0.25, 0.3) is 22.5 Å². The minimum Gasteiger partial charge on any atom is -0.442 e. The van der Waals surface area contributed by atoms with Gasteiger partial charge in [-0.3, -0.25) is 19.0 Å². The average molecular weight is 492 g/mol. The van der Waals surface area contributed by atoms with Crippen molar-refractivity contribution in [1.82, 2.24) is 24.8 Å². The van der Waals surface area contributed by atoms with Gasteiger partial charge in [-0.2, -0.15) is 0 Å². The zero-order valence-corrected chi connectivity index (χ0v) is 19.7. The minimum absolute atomic E-state index is 0.0644. The zero-order chi connectivity index (χ0) is 24.5. The molecule has 4 aromatic rings. The molecule has 10 heteroatoms. The van der Waals surface area contributed by atoms with Gasteiger partial charge >= 0.3 is 0 Å². The highest BCUT2D eigenvalue weighted by molar-refractivity contribution is 6.30. The summed E-state index contributed by atoms with van der Waals surface area (Å²) >= 11 is 5.92. The molecule has 1 saturated heterocycles. The number of nitrogens with zero attached hydrogens (tertiary/aromatic N) is 4. The number of oxazole rings is 1. The highest BCUT2D eigenvalue weighted by Crippen LogP contribution is 2.21. The molecule has 0 radical (unpaired) electrons. The molecule has 1 fully saturated rings. The van der Waals surface area contributed by atoms with Crippen LogP contribution in [0.5, 0.6) is 0 Å². The molecule has 1 aromatic carbocycles. The van der Waals surface area contributed by atoms with Gasteiger partial charge in [0.05, 0.1) is 6.20 Å². The number of aromatic nitrogens is 3. The molecule has 35 heavy (non-hydrogen) atoms. The first-order chi connectivity index (χ1) is 16.9. The van der Waals surface area contributed by atoms with Crippen LogP contribution in [-0.4, -0.2) is 44.3 Å². The van der Waals surface area contributed by atoms with Crippen LogP contribution in [0.15, 0.2) is 64.3 Å². The number of halogens is 1. The second-order valence-corrected chi connectivity index (χ2v) is 9.07. The van der Waals surface area contributed by atoms with Gasteiger partial charge in [-0.15, -0.1) is 0 Å². The summed E-state index contributed by atoms with van der Waals surface area (Å²) in [4.78, 5) is 49.5. The average Bonchev–Trinajstić information content (AvgIpc) is 3.38. The number of rotatable bonds is 6. The number of nitrogens with one attached hydrogen (secondary N) is 1. The predicted octanol–water partition coefficient (Wildman–Crippen LogP) is 3.11. The van der Waals surface area contributed by atoms with Gasteiger partial charge < -0.3 is 14.6 Å². The van der Waals surface area contributed by atoms with E-state index in [-0.39, 0.29) is 24.6 Å². The Morgan fingerprint density at radius 1 is 1.17 bits per heavy atom. The SMILES string of the molecule is CC1CN(C(=O)Cn2c(=O)c(C(=O)NCc3ccc(Cl)cc3)cc3ccc(-c4cnco4)nc32)C1. The lowest BCUT2D eigenvalue weighted by Crippen LogP contribution is -2.50. The second kappa shape index (κ2) is 9.34. The molecule has 0 spiro atoms. The lowest BCUT2D eigenvalue weighted by atomic mass is 10.0. The van der Waals surface area contributed by atoms with Crippen LogP contribution in [0.4, 0.5) is 0 Å². The molecule has 9 nitrogen and oxygen atoms in total. The molecule has 0 saturated carbocycles. The number of pyridine rings is 2. The van der Waals surface area contributed by atoms with Crippen molar-refractivity contribution in [3.05, 3.63) is 81.6 Å². The Balaban J connectivity index is 1.51. The molecular weight excluding hydrogens is 470 g/mol. The molecule has 2 amide bonds. The highest BCUT2D eigenvalue weighted by Gasteiger charge is 2.28. The Labute approximate surface area is 205 Å². The molecule has 1 aliphatic rings. The van der Waals surface area contributed by atoms with Crippen LogP contribution in [0, 0.1) is 5.92 Å². The van der Waals surface area contributed by atoms with Gasteiger partial charge in [-0.1, -0.05) is 30.7 Å². The molecule has 0 unspecified atom stereocenters. The predicted molar refractivity (Wildman–Crippen MR) is 130 cm³/mol. The Morgan fingerprint density at radius 3 is 2.63 bits per heavy atom. The Bertz CT molecular complexity index is 1460. The Hall–Kier alpha value is -3.98. The first-order valence-electron chi connectivity index (χ1n) is 11.1. The van der Waals surface area contributed by atoms with E-state index in [1.165, 1.54) is 23.2 Å². The third kappa shape index (κ3) is 4.67. The van der Waals surface area contributed by atoms with E-state index in [0.717, 1.165) is 5.56 Å². The van der Waals surface area contributed by atoms with E-state index < -0.39 is 11.5 Å². The standard InChI is InChI=1S/C25H22ClN5O4/c1-15-11-30(12-15)22(32)13-31-23-17(4-7-20(29-23)21-10-27-14-35-21)8-19(25(31)34)24(33)28-9-16-2-5-18(26)6-3-16/h2-8,10,14-15H,9,11-13H2,1H3,(H,28,33). The first-order valence-corrected chi connectivity index (χ1v) is 11.5. The van der Waals surface area contributed by atoms with Crippen molar-refractivity contribution < 1.29 is 14.0 Å². The third-order valence-corrected chi connectivity index (χ3v) is 6.19. The van der Waals surface area contributed by atoms with Gasteiger partial charge in [-0.05, 0) is 41.8 Å². The maximum Gasteiger partial charge on any atom is 0.265 e. The van der Waals surface area contributed by atoms with E-state index in [1.807, 2.05) is 0 Å². The van der Waals surface area contributed by atoms with E-state index in [0.29, 0.717) is 46.5 Å². The molecule has 0 bridgehead atoms. The number of fused-ring (bicyclic) bond motifs is 1. The van der Waals surface area contributed by atoms with Crippen molar-refractivity contribution in [2.45, 2.75) is 20.0 Å². The fourth-order valence-corrected chi connectivity index (χ4v) is 4.18. The lowest BCUT2D eigenvalue weighted by molar-refractivity contribution is -0.137. The van der Waals surface area contributed by atoms with Crippen LogP contribution in [0.3, 0.4) is 0 Å². The van der Waals surface area contributed by atoms with Crippen molar-refractivity contribution in [3.8, 4) is 11.5 Å². The third-order valence-electron chi connectivity index (χ3n) is 5.94. The molecule has 0 atom stereocenters. The largest absolute Gasteiger partial charge is 0.442 e. The number of carbonyl (C=O) groups is 2. The monoisotopic (exact) mass is 491 g/mol. The molecular formula is C25H22ClN5O4. The maximum absolute atomic E-state index is 13.4. The van der Waals surface area contributed by atoms with Crippen LogP contribution >= 0.6 is 11.6 Å². The van der Waals surface area contributed by atoms with Crippen molar-refractivity contribution in [1.29, 1.82) is 0 Å². The topological polar surface area (TPSA) is 110 Å². The number of hydrogen-bond acceptors (Lipinski definition) is 6. The summed E-state index contributed by atoms with van der Waals surface area (Å²) in [6.45, 7) is 3.35. The van der Waals surface area contributed by atoms with Crippen LogP contribution in [-0.2, 0) is 17.9 Å². The van der Waals surface area contributed by atoms with Crippen LogP contribution < -0.4 is 10.9 Å². The number of benzene rings is 1. The molecule has 1 aliphatic heterocycles. The number of carbonyl (C=O) groups excluding carboxylic acids is 2. The summed E-state index contributed by atoms with van der Waals surface area (Å²) < 4.78 is 6.59. The Kier molecular flexibility index (Phi) is 6.08. The second-order valence-electron chi connectivity index (χ2n) is 8.64. The van der Waals surface area contributed by atoms with E-state index in [4.69, 9.17) is 16.0 Å². The lowest BCUT2D eigenvalue weighted by Gasteiger charge is -2.37. The summed E-state index contributed by atoms with van der Waals surface area (Å²) in [7, 11) is 0. The van der Waals surface area contributed by atoms with Crippen LogP contribution in [0.2, 0.25) is 5.02 Å². The van der Waals surface area contributed by atoms with Crippen molar-refractivity contribution in [2.75, 3.05) is 13.1 Å². The fourth-order valence-electron chi connectivity index (χ4n) is 4.05. The van der Waals surface area contributed by atoms with Crippen LogP contribution in [0.1, 0.15) is 22.8 Å². The smallest absolute Gasteiger partial charge is 0.265 e. The van der Waals surface area contributed by atoms with Gasteiger partial charge in [0.25, 0.3) is 11.5 Å². The summed E-state index contributed by atoms with van der Waals surface area (Å²) in [6, 6.07) is 12.0. The molecule has 3 aromatic heterocycles. The first kappa shape index (κ1) is 22.8. The molecule has 178 valence electrons. The Morgan fingerprint density at radius 2 is 1.94 bits per heavy atom. The van der Waals surface area contributed by atoms with Crippen molar-refractivity contribution >= 4 is 34.4 Å². The molecule has 5 rings (SSSR count). The van der Waals surface area contributed by atoms with Crippen molar-refractivity contribution in [3.63, 3.8) is 0 Å². The summed E-state index contributed by atoms with van der Waals surface area (Å²) in [5, 5.41) is 3.91. The fraction of sp³-hybridized carbons (Fsp3) is 0.240. The van der Waals surface area contributed by atoms with E-state index in [9.17, 15) is 14.4 Å². The normalized spacial score (nSPS) is 13.6. The summed E-state index contributed by atoms with van der Waals surface area (Å²) in [5.74, 6) is 0.120. The van der Waals surface area contributed by atoms with Gasteiger partial charge in [-0.25, -0.2) is 9.97 Å². The molecule has 4 heterocycles. The van der Waals surface area contributed by atoms with Gasteiger partial charge in [0.2, 0.25) is 5.91 Å². The number of likely N-dealkylation sites (tertiary alicyclic amines) is 1. The van der Waals surface area contributed by atoms with E-state index in [1.54, 1.807) is 41.3 Å². The van der Waals surface area contributed by atoms with E-state index in [2.05, 4.69) is 22.2 Å². The highest BCUT2D eigenvalue weighted by atomic mass is 35.5. The molecule has 0 aliphatic carbocycles. The number of hydrogen-bond donors (Lipinski definition) is 1. The summed E-state index contributed by atoms with van der Waals surface area (Å²) in [5.41, 5.74) is 0.943. The van der Waals surface area contributed by atoms with Crippen molar-refractivity contribution in [2.24, 2.45) is 5.92 Å². The zero-order valence-electron chi connectivity index (χ0n) is 18.9. The summed E-state index contributed by atoms with van der Waals surface area (Å²) in [6.07, 6.45) is 2.80. The maximum atomic E-state index is 13.4. The quantitative estimate of drug-likeness (QED) is 0.443. The van der Waals surface area contributed by atoms with Gasteiger partial charge in [0.15, 0.2) is 12.2 Å². The van der Waals surface area contributed by atoms with E-state index >= 15 is 0 Å².